The molecule has 3 rings (SSSR count). The number of carbonyl (C=O) groups excluding carboxylic acids is 1. The zero-order valence-corrected chi connectivity index (χ0v) is 15.0. The van der Waals surface area contributed by atoms with Crippen molar-refractivity contribution in [1.82, 2.24) is 15.1 Å². The van der Waals surface area contributed by atoms with Gasteiger partial charge in [0.1, 0.15) is 12.2 Å². The molecule has 8 nitrogen and oxygen atoms in total. The average molecular weight is 357 g/mol. The molecule has 0 aromatic heterocycles. The molecule has 3 fully saturated rings. The zero-order valence-electron chi connectivity index (χ0n) is 15.0. The molecule has 3 aliphatic heterocycles. The van der Waals surface area contributed by atoms with Crippen molar-refractivity contribution < 1.29 is 24.5 Å². The molecule has 3 heterocycles. The lowest BCUT2D eigenvalue weighted by Gasteiger charge is -2.38. The number of piperidine rings is 1. The van der Waals surface area contributed by atoms with Crippen molar-refractivity contribution in [3.05, 3.63) is 0 Å². The Labute approximate surface area is 149 Å². The minimum absolute atomic E-state index is 0.125. The van der Waals surface area contributed by atoms with Gasteiger partial charge in [-0.05, 0) is 31.8 Å². The number of aliphatic hydroxyl groups is 2. The second-order valence-corrected chi connectivity index (χ2v) is 7.38. The summed E-state index contributed by atoms with van der Waals surface area (Å²) >= 11 is 0. The summed E-state index contributed by atoms with van der Waals surface area (Å²) in [5.74, 6) is 0.698. The molecule has 3 saturated heterocycles. The molecule has 0 radical (unpaired) electrons. The number of urea groups is 1. The third-order valence-corrected chi connectivity index (χ3v) is 5.63. The van der Waals surface area contributed by atoms with Crippen molar-refractivity contribution in [3.63, 3.8) is 0 Å². The maximum Gasteiger partial charge on any atom is 0.317 e. The molecular weight excluding hydrogens is 326 g/mol. The van der Waals surface area contributed by atoms with Crippen LogP contribution < -0.4 is 5.32 Å². The van der Waals surface area contributed by atoms with Crippen LogP contribution in [0.15, 0.2) is 0 Å². The number of aliphatic hydroxyl groups excluding tert-OH is 2. The Bertz CT molecular complexity index is 438. The maximum absolute atomic E-state index is 12.3. The zero-order chi connectivity index (χ0) is 17.8. The van der Waals surface area contributed by atoms with E-state index in [9.17, 15) is 15.0 Å². The van der Waals surface area contributed by atoms with Crippen LogP contribution in [0.2, 0.25) is 0 Å². The lowest BCUT2D eigenvalue weighted by atomic mass is 9.94. The molecule has 0 aromatic rings. The smallest absolute Gasteiger partial charge is 0.317 e. The number of morpholine rings is 1. The molecule has 2 amide bonds. The molecule has 25 heavy (non-hydrogen) atoms. The Morgan fingerprint density at radius 2 is 1.84 bits per heavy atom. The molecule has 0 spiro atoms. The molecule has 4 unspecified atom stereocenters. The van der Waals surface area contributed by atoms with E-state index in [1.165, 1.54) is 0 Å². The third kappa shape index (κ3) is 4.43. The number of nitrogens with one attached hydrogen (secondary N) is 1. The van der Waals surface area contributed by atoms with E-state index >= 15 is 0 Å². The summed E-state index contributed by atoms with van der Waals surface area (Å²) in [6, 6.07) is -0.311. The summed E-state index contributed by atoms with van der Waals surface area (Å²) in [4.78, 5) is 16.3. The van der Waals surface area contributed by atoms with Crippen molar-refractivity contribution in [2.24, 2.45) is 5.92 Å². The number of amides is 2. The normalized spacial score (nSPS) is 35.1. The first kappa shape index (κ1) is 18.8. The molecule has 0 saturated carbocycles. The van der Waals surface area contributed by atoms with E-state index in [0.29, 0.717) is 38.8 Å². The number of ether oxygens (including phenoxy) is 2. The highest BCUT2D eigenvalue weighted by molar-refractivity contribution is 5.74. The quantitative estimate of drug-likeness (QED) is 0.613. The molecule has 144 valence electrons. The molecule has 3 N–H and O–H groups in total. The highest BCUT2D eigenvalue weighted by Gasteiger charge is 2.46. The second-order valence-electron chi connectivity index (χ2n) is 7.38. The summed E-state index contributed by atoms with van der Waals surface area (Å²) in [7, 11) is 0. The lowest BCUT2D eigenvalue weighted by molar-refractivity contribution is -0.0211. The number of hydrogen-bond acceptors (Lipinski definition) is 6. The summed E-state index contributed by atoms with van der Waals surface area (Å²) in [5.41, 5.74) is 0. The molecule has 0 aromatic carbocycles. The minimum atomic E-state index is -0.733. The first-order valence-electron chi connectivity index (χ1n) is 9.39. The van der Waals surface area contributed by atoms with Gasteiger partial charge in [-0.3, -0.25) is 4.90 Å². The van der Waals surface area contributed by atoms with Crippen LogP contribution >= 0.6 is 0 Å². The van der Waals surface area contributed by atoms with Gasteiger partial charge in [0, 0.05) is 19.6 Å². The van der Waals surface area contributed by atoms with Crippen LogP contribution in [0.1, 0.15) is 19.8 Å². The standard InChI is InChI=1S/C17H31N3O5/c1-12-2-4-19(5-3-12)15-13(25-14(11-21)16(15)22)10-18-17(23)20-6-8-24-9-7-20/h12-16,21-22H,2-11H2,1H3,(H,18,23). The Hall–Kier alpha value is -0.930. The largest absolute Gasteiger partial charge is 0.394 e. The summed E-state index contributed by atoms with van der Waals surface area (Å²) in [6.45, 7) is 6.50. The van der Waals surface area contributed by atoms with Crippen LogP contribution in [0, 0.1) is 5.92 Å². The molecule has 4 atom stereocenters. The monoisotopic (exact) mass is 357 g/mol. The molecular formula is C17H31N3O5. The first-order valence-corrected chi connectivity index (χ1v) is 9.39. The van der Waals surface area contributed by atoms with Crippen molar-refractivity contribution in [1.29, 1.82) is 0 Å². The van der Waals surface area contributed by atoms with E-state index in [-0.39, 0.29) is 24.8 Å². The van der Waals surface area contributed by atoms with Crippen LogP contribution in [0.3, 0.4) is 0 Å². The van der Waals surface area contributed by atoms with Crippen molar-refractivity contribution >= 4 is 6.03 Å². The fraction of sp³-hybridized carbons (Fsp3) is 0.941. The Balaban J connectivity index is 1.58. The number of carbonyl (C=O) groups is 1. The Kier molecular flexibility index (Phi) is 6.51. The van der Waals surface area contributed by atoms with Gasteiger partial charge in [0.15, 0.2) is 0 Å². The van der Waals surface area contributed by atoms with Gasteiger partial charge in [0.2, 0.25) is 0 Å². The highest BCUT2D eigenvalue weighted by Crippen LogP contribution is 2.29. The Morgan fingerprint density at radius 3 is 2.48 bits per heavy atom. The lowest BCUT2D eigenvalue weighted by Crippen LogP contribution is -2.54. The van der Waals surface area contributed by atoms with E-state index in [1.54, 1.807) is 4.90 Å². The number of rotatable bonds is 4. The Morgan fingerprint density at radius 1 is 1.16 bits per heavy atom. The SMILES string of the molecule is CC1CCN(C2C(CNC(=O)N3CCOCC3)OC(CO)C2O)CC1. The first-order chi connectivity index (χ1) is 12.1. The van der Waals surface area contributed by atoms with Gasteiger partial charge in [-0.15, -0.1) is 0 Å². The second kappa shape index (κ2) is 8.64. The van der Waals surface area contributed by atoms with Crippen molar-refractivity contribution in [2.45, 2.75) is 44.1 Å². The summed E-state index contributed by atoms with van der Waals surface area (Å²) < 4.78 is 11.1. The maximum atomic E-state index is 12.3. The van der Waals surface area contributed by atoms with E-state index < -0.39 is 12.2 Å². The topological polar surface area (TPSA) is 94.5 Å². The predicted octanol–water partition coefficient (Wildman–Crippen LogP) is -0.751. The van der Waals surface area contributed by atoms with Crippen LogP contribution in [-0.2, 0) is 9.47 Å². The van der Waals surface area contributed by atoms with Crippen LogP contribution in [0.4, 0.5) is 4.79 Å². The molecule has 3 aliphatic rings. The van der Waals surface area contributed by atoms with Crippen LogP contribution in [-0.4, -0.2) is 103 Å². The fourth-order valence-electron chi connectivity index (χ4n) is 3.99. The van der Waals surface area contributed by atoms with Gasteiger partial charge >= 0.3 is 6.03 Å². The highest BCUT2D eigenvalue weighted by atomic mass is 16.5. The van der Waals surface area contributed by atoms with Gasteiger partial charge in [-0.1, -0.05) is 6.92 Å². The third-order valence-electron chi connectivity index (χ3n) is 5.63. The predicted molar refractivity (Wildman–Crippen MR) is 91.3 cm³/mol. The van der Waals surface area contributed by atoms with E-state index in [4.69, 9.17) is 9.47 Å². The number of likely N-dealkylation sites (tertiary alicyclic amines) is 1. The van der Waals surface area contributed by atoms with Crippen molar-refractivity contribution in [3.8, 4) is 0 Å². The minimum Gasteiger partial charge on any atom is -0.394 e. The van der Waals surface area contributed by atoms with Gasteiger partial charge in [0.05, 0.1) is 32.0 Å². The van der Waals surface area contributed by atoms with E-state index in [2.05, 4.69) is 17.1 Å². The van der Waals surface area contributed by atoms with Gasteiger partial charge in [-0.2, -0.15) is 0 Å². The van der Waals surface area contributed by atoms with E-state index in [0.717, 1.165) is 25.9 Å². The number of hydrogen-bond donors (Lipinski definition) is 3. The van der Waals surface area contributed by atoms with Gasteiger partial charge < -0.3 is 29.9 Å². The number of nitrogens with zero attached hydrogens (tertiary/aromatic N) is 2. The fourth-order valence-corrected chi connectivity index (χ4v) is 3.99. The molecule has 0 bridgehead atoms. The van der Waals surface area contributed by atoms with Gasteiger partial charge in [-0.25, -0.2) is 4.79 Å². The van der Waals surface area contributed by atoms with Gasteiger partial charge in [0.25, 0.3) is 0 Å². The summed E-state index contributed by atoms with van der Waals surface area (Å²) in [5, 5.41) is 23.0. The summed E-state index contributed by atoms with van der Waals surface area (Å²) in [6.07, 6.45) is 0.559. The van der Waals surface area contributed by atoms with Crippen molar-refractivity contribution in [2.75, 3.05) is 52.5 Å². The molecule has 8 heteroatoms. The van der Waals surface area contributed by atoms with Crippen LogP contribution in [0.25, 0.3) is 0 Å². The average Bonchev–Trinajstić information content (AvgIpc) is 2.97. The molecule has 0 aliphatic carbocycles. The van der Waals surface area contributed by atoms with E-state index in [1.807, 2.05) is 0 Å². The van der Waals surface area contributed by atoms with Crippen LogP contribution in [0.5, 0.6) is 0 Å².